The summed E-state index contributed by atoms with van der Waals surface area (Å²) in [4.78, 5) is 12.9. The van der Waals surface area contributed by atoms with Crippen LogP contribution < -0.4 is 10.2 Å². The van der Waals surface area contributed by atoms with Gasteiger partial charge in [-0.2, -0.15) is 0 Å². The fourth-order valence-electron chi connectivity index (χ4n) is 2.83. The molecule has 0 spiro atoms. The lowest BCUT2D eigenvalue weighted by atomic mass is 10.00. The van der Waals surface area contributed by atoms with E-state index in [1.165, 1.54) is 37.4 Å². The van der Waals surface area contributed by atoms with E-state index < -0.39 is 0 Å². The Hall–Kier alpha value is -3.15. The Labute approximate surface area is 143 Å². The molecule has 0 saturated carbocycles. The number of aromatic hydroxyl groups is 3. The smallest absolute Gasteiger partial charge is 0.200 e. The van der Waals surface area contributed by atoms with Crippen LogP contribution >= 0.6 is 0 Å². The van der Waals surface area contributed by atoms with E-state index in [9.17, 15) is 20.1 Å². The average molecular weight is 342 g/mol. The summed E-state index contributed by atoms with van der Waals surface area (Å²) in [7, 11) is 1.44. The maximum absolute atomic E-state index is 12.9. The fourth-order valence-corrected chi connectivity index (χ4v) is 2.83. The minimum absolute atomic E-state index is 0.0752. The second-order valence-corrected chi connectivity index (χ2v) is 5.71. The van der Waals surface area contributed by atoms with Gasteiger partial charge in [0.15, 0.2) is 5.43 Å². The first-order valence-corrected chi connectivity index (χ1v) is 7.85. The van der Waals surface area contributed by atoms with E-state index in [1.807, 2.05) is 6.92 Å². The van der Waals surface area contributed by atoms with E-state index in [0.29, 0.717) is 29.7 Å². The van der Waals surface area contributed by atoms with E-state index in [0.717, 1.165) is 0 Å². The first-order valence-electron chi connectivity index (χ1n) is 7.85. The van der Waals surface area contributed by atoms with E-state index in [-0.39, 0.29) is 39.4 Å². The van der Waals surface area contributed by atoms with Crippen molar-refractivity contribution < 1.29 is 24.5 Å². The van der Waals surface area contributed by atoms with Crippen molar-refractivity contribution in [3.8, 4) is 34.3 Å². The summed E-state index contributed by atoms with van der Waals surface area (Å²) in [6.07, 6.45) is 1.10. The molecule has 3 rings (SSSR count). The minimum Gasteiger partial charge on any atom is -0.508 e. The van der Waals surface area contributed by atoms with Crippen LogP contribution in [0.3, 0.4) is 0 Å². The number of fused-ring (bicyclic) bond motifs is 1. The molecule has 25 heavy (non-hydrogen) atoms. The second kappa shape index (κ2) is 6.39. The quantitative estimate of drug-likeness (QED) is 0.670. The third-order valence-corrected chi connectivity index (χ3v) is 4.00. The Bertz CT molecular complexity index is 1000. The van der Waals surface area contributed by atoms with Crippen LogP contribution in [0.4, 0.5) is 0 Å². The number of hydrogen-bond acceptors (Lipinski definition) is 6. The van der Waals surface area contributed by atoms with Gasteiger partial charge in [0.05, 0.1) is 12.7 Å². The van der Waals surface area contributed by atoms with E-state index in [4.69, 9.17) is 9.15 Å². The highest BCUT2D eigenvalue weighted by atomic mass is 16.5. The fraction of sp³-hybridized carbons (Fsp3) is 0.211. The highest BCUT2D eigenvalue weighted by Gasteiger charge is 2.20. The zero-order valence-electron chi connectivity index (χ0n) is 13.9. The second-order valence-electron chi connectivity index (χ2n) is 5.71. The van der Waals surface area contributed by atoms with Crippen LogP contribution in [0.15, 0.2) is 39.5 Å². The molecule has 6 heteroatoms. The molecule has 0 atom stereocenters. The van der Waals surface area contributed by atoms with Gasteiger partial charge in [-0.05, 0) is 18.6 Å². The van der Waals surface area contributed by atoms with Crippen LogP contribution in [0.1, 0.15) is 18.9 Å². The normalized spacial score (nSPS) is 11.0. The standard InChI is InChI=1S/C19H18O6/c1-3-4-13-18(23)17-15(22)8-11(24-2)9-16(17)25-19(13)12-6-5-10(20)7-14(12)21/h5-9,20-22H,3-4H2,1-2H3. The van der Waals surface area contributed by atoms with Gasteiger partial charge in [0.25, 0.3) is 0 Å². The van der Waals surface area contributed by atoms with E-state index in [1.54, 1.807) is 0 Å². The van der Waals surface area contributed by atoms with Crippen molar-refractivity contribution >= 4 is 11.0 Å². The van der Waals surface area contributed by atoms with Gasteiger partial charge in [0, 0.05) is 23.8 Å². The predicted octanol–water partition coefficient (Wildman–Crippen LogP) is 3.54. The van der Waals surface area contributed by atoms with Gasteiger partial charge in [-0.1, -0.05) is 13.3 Å². The van der Waals surface area contributed by atoms with Gasteiger partial charge in [-0.3, -0.25) is 4.79 Å². The summed E-state index contributed by atoms with van der Waals surface area (Å²) in [5.74, 6) is 0.0383. The third kappa shape index (κ3) is 2.87. The molecule has 0 amide bonds. The summed E-state index contributed by atoms with van der Waals surface area (Å²) >= 11 is 0. The molecule has 3 N–H and O–H groups in total. The Kier molecular flexibility index (Phi) is 4.27. The Morgan fingerprint density at radius 3 is 2.48 bits per heavy atom. The van der Waals surface area contributed by atoms with E-state index in [2.05, 4.69) is 0 Å². The monoisotopic (exact) mass is 342 g/mol. The number of benzene rings is 2. The molecule has 1 aromatic heterocycles. The maximum Gasteiger partial charge on any atom is 0.200 e. The molecule has 0 unspecified atom stereocenters. The molecule has 1 heterocycles. The number of hydrogen-bond donors (Lipinski definition) is 3. The summed E-state index contributed by atoms with van der Waals surface area (Å²) in [6, 6.07) is 6.92. The maximum atomic E-state index is 12.9. The van der Waals surface area contributed by atoms with Gasteiger partial charge in [-0.15, -0.1) is 0 Å². The van der Waals surface area contributed by atoms with Crippen LogP contribution in [-0.2, 0) is 6.42 Å². The zero-order valence-corrected chi connectivity index (χ0v) is 13.9. The number of phenols is 3. The molecular weight excluding hydrogens is 324 g/mol. The van der Waals surface area contributed by atoms with Gasteiger partial charge in [-0.25, -0.2) is 0 Å². The third-order valence-electron chi connectivity index (χ3n) is 4.00. The average Bonchev–Trinajstić information content (AvgIpc) is 2.57. The summed E-state index contributed by atoms with van der Waals surface area (Å²) in [5.41, 5.74) is 0.453. The lowest BCUT2D eigenvalue weighted by Crippen LogP contribution is -2.11. The molecule has 0 bridgehead atoms. The molecule has 3 aromatic rings. The number of ether oxygens (including phenoxy) is 1. The van der Waals surface area contributed by atoms with Crippen molar-refractivity contribution in [3.05, 3.63) is 46.1 Å². The van der Waals surface area contributed by atoms with Gasteiger partial charge in [0.2, 0.25) is 0 Å². The van der Waals surface area contributed by atoms with Gasteiger partial charge in [0.1, 0.15) is 39.7 Å². The van der Waals surface area contributed by atoms with Crippen molar-refractivity contribution in [2.24, 2.45) is 0 Å². The topological polar surface area (TPSA) is 100 Å². The summed E-state index contributed by atoms with van der Waals surface area (Å²) < 4.78 is 11.0. The van der Waals surface area contributed by atoms with Crippen molar-refractivity contribution in [2.45, 2.75) is 19.8 Å². The molecular formula is C19H18O6. The number of methoxy groups -OCH3 is 1. The summed E-state index contributed by atoms with van der Waals surface area (Å²) in [5, 5.41) is 29.9. The molecule has 0 aliphatic carbocycles. The minimum atomic E-state index is -0.356. The Morgan fingerprint density at radius 2 is 1.84 bits per heavy atom. The van der Waals surface area contributed by atoms with Gasteiger partial charge >= 0.3 is 0 Å². The van der Waals surface area contributed by atoms with Crippen molar-refractivity contribution in [1.82, 2.24) is 0 Å². The van der Waals surface area contributed by atoms with Gasteiger partial charge < -0.3 is 24.5 Å². The SMILES string of the molecule is CCCc1c(-c2ccc(O)cc2O)oc2cc(OC)cc(O)c2c1=O. The van der Waals surface area contributed by atoms with Crippen LogP contribution in [0.5, 0.6) is 23.0 Å². The summed E-state index contributed by atoms with van der Waals surface area (Å²) in [6.45, 7) is 1.91. The molecule has 130 valence electrons. The number of rotatable bonds is 4. The first kappa shape index (κ1) is 16.7. The Morgan fingerprint density at radius 1 is 1.08 bits per heavy atom. The highest BCUT2D eigenvalue weighted by molar-refractivity contribution is 5.87. The van der Waals surface area contributed by atoms with Crippen molar-refractivity contribution in [1.29, 1.82) is 0 Å². The first-order chi connectivity index (χ1) is 12.0. The van der Waals surface area contributed by atoms with Crippen LogP contribution in [0.25, 0.3) is 22.3 Å². The zero-order chi connectivity index (χ0) is 18.1. The molecule has 0 radical (unpaired) electrons. The lowest BCUT2D eigenvalue weighted by Gasteiger charge is -2.12. The largest absolute Gasteiger partial charge is 0.508 e. The molecule has 2 aromatic carbocycles. The Balaban J connectivity index is 2.40. The molecule has 0 aliphatic rings. The van der Waals surface area contributed by atoms with E-state index >= 15 is 0 Å². The molecule has 0 aliphatic heterocycles. The van der Waals surface area contributed by atoms with Crippen molar-refractivity contribution in [2.75, 3.05) is 7.11 Å². The van der Waals surface area contributed by atoms with Crippen molar-refractivity contribution in [3.63, 3.8) is 0 Å². The molecule has 0 fully saturated rings. The molecule has 0 saturated heterocycles. The molecule has 6 nitrogen and oxygen atoms in total. The lowest BCUT2D eigenvalue weighted by molar-refractivity contribution is 0.408. The highest BCUT2D eigenvalue weighted by Crippen LogP contribution is 2.37. The van der Waals surface area contributed by atoms with Crippen LogP contribution in [-0.4, -0.2) is 22.4 Å². The van der Waals surface area contributed by atoms with Crippen LogP contribution in [0, 0.1) is 0 Å². The number of phenolic OH excluding ortho intramolecular Hbond substituents is 3. The predicted molar refractivity (Wildman–Crippen MR) is 93.5 cm³/mol. The van der Waals surface area contributed by atoms with Crippen LogP contribution in [0.2, 0.25) is 0 Å².